The zero-order valence-corrected chi connectivity index (χ0v) is 7.45. The molecule has 0 aliphatic heterocycles. The Balaban J connectivity index is 2.03. The van der Waals surface area contributed by atoms with Crippen molar-refractivity contribution >= 4 is 0 Å². The van der Waals surface area contributed by atoms with Crippen LogP contribution >= 0.6 is 0 Å². The lowest BCUT2D eigenvalue weighted by atomic mass is 10.1. The molecular weight excluding hydrogens is 150 g/mol. The summed E-state index contributed by atoms with van der Waals surface area (Å²) in [5.41, 5.74) is 7.38. The Hall–Kier alpha value is -0.830. The van der Waals surface area contributed by atoms with Crippen molar-refractivity contribution in [2.24, 2.45) is 5.73 Å². The molecule has 3 nitrogen and oxygen atoms in total. The summed E-state index contributed by atoms with van der Waals surface area (Å²) in [5, 5.41) is 4.21. The highest BCUT2D eigenvalue weighted by Crippen LogP contribution is 2.35. The number of hydrogen-bond acceptors (Lipinski definition) is 2. The average molecular weight is 165 g/mol. The molecule has 0 amide bonds. The van der Waals surface area contributed by atoms with Crippen molar-refractivity contribution < 1.29 is 0 Å². The Kier molecular flexibility index (Phi) is 1.68. The summed E-state index contributed by atoms with van der Waals surface area (Å²) in [4.78, 5) is 0. The number of nitrogens with zero attached hydrogens (tertiary/aromatic N) is 2. The highest BCUT2D eigenvalue weighted by molar-refractivity contribution is 5.14. The summed E-state index contributed by atoms with van der Waals surface area (Å²) in [7, 11) is 0. The molecule has 1 aliphatic carbocycles. The van der Waals surface area contributed by atoms with E-state index in [1.165, 1.54) is 18.4 Å². The fourth-order valence-corrected chi connectivity index (χ4v) is 1.41. The van der Waals surface area contributed by atoms with Gasteiger partial charge in [0, 0.05) is 18.3 Å². The predicted molar refractivity (Wildman–Crippen MR) is 47.8 cm³/mol. The van der Waals surface area contributed by atoms with Crippen molar-refractivity contribution in [3.63, 3.8) is 0 Å². The Morgan fingerprint density at radius 2 is 2.42 bits per heavy atom. The van der Waals surface area contributed by atoms with Gasteiger partial charge in [0.2, 0.25) is 0 Å². The molecule has 1 aromatic rings. The number of hydrogen-bond donors (Lipinski definition) is 1. The second-order valence-electron chi connectivity index (χ2n) is 3.74. The monoisotopic (exact) mass is 165 g/mol. The van der Waals surface area contributed by atoms with Crippen molar-refractivity contribution in [3.05, 3.63) is 18.0 Å². The van der Waals surface area contributed by atoms with Crippen LogP contribution in [0.15, 0.2) is 12.4 Å². The van der Waals surface area contributed by atoms with Gasteiger partial charge in [-0.05, 0) is 31.7 Å². The van der Waals surface area contributed by atoms with Crippen molar-refractivity contribution in [3.8, 4) is 0 Å². The van der Waals surface area contributed by atoms with Gasteiger partial charge in [-0.3, -0.25) is 4.68 Å². The van der Waals surface area contributed by atoms with Gasteiger partial charge in [0.25, 0.3) is 0 Å². The van der Waals surface area contributed by atoms with Crippen LogP contribution in [0.5, 0.6) is 0 Å². The molecule has 0 radical (unpaired) electrons. The molecule has 0 spiro atoms. The van der Waals surface area contributed by atoms with Gasteiger partial charge in [0.1, 0.15) is 0 Å². The maximum absolute atomic E-state index is 5.99. The molecule has 1 fully saturated rings. The first-order valence-corrected chi connectivity index (χ1v) is 4.52. The molecule has 0 saturated heterocycles. The van der Waals surface area contributed by atoms with E-state index in [-0.39, 0.29) is 5.54 Å². The van der Waals surface area contributed by atoms with Crippen LogP contribution in [0, 0.1) is 0 Å². The van der Waals surface area contributed by atoms with Crippen LogP contribution in [0.1, 0.15) is 25.3 Å². The summed E-state index contributed by atoms with van der Waals surface area (Å²) < 4.78 is 1.95. The Morgan fingerprint density at radius 3 is 2.92 bits per heavy atom. The minimum Gasteiger partial charge on any atom is -0.325 e. The molecular formula is C9H15N3. The molecule has 66 valence electrons. The summed E-state index contributed by atoms with van der Waals surface area (Å²) in [6.45, 7) is 3.03. The normalized spacial score (nSPS) is 19.5. The summed E-state index contributed by atoms with van der Waals surface area (Å²) in [6.07, 6.45) is 7.35. The van der Waals surface area contributed by atoms with E-state index in [9.17, 15) is 0 Å². The molecule has 12 heavy (non-hydrogen) atoms. The predicted octanol–water partition coefficient (Wildman–Crippen LogP) is 0.937. The molecule has 1 saturated carbocycles. The molecule has 3 heteroatoms. The Morgan fingerprint density at radius 1 is 1.67 bits per heavy atom. The standard InChI is InChI=1S/C9H15N3/c1-2-12-7-8(6-11-12)5-9(10)3-4-9/h6-7H,2-5,10H2,1H3. The van der Waals surface area contributed by atoms with Crippen molar-refractivity contribution in [2.75, 3.05) is 0 Å². The lowest BCUT2D eigenvalue weighted by Gasteiger charge is -2.04. The fraction of sp³-hybridized carbons (Fsp3) is 0.667. The highest BCUT2D eigenvalue weighted by Gasteiger charge is 2.38. The Bertz CT molecular complexity index is 273. The highest BCUT2D eigenvalue weighted by atomic mass is 15.3. The lowest BCUT2D eigenvalue weighted by molar-refractivity contribution is 0.652. The van der Waals surface area contributed by atoms with Crippen LogP contribution in [0.4, 0.5) is 0 Å². The van der Waals surface area contributed by atoms with E-state index < -0.39 is 0 Å². The maximum atomic E-state index is 5.99. The lowest BCUT2D eigenvalue weighted by Crippen LogP contribution is -2.24. The van der Waals surface area contributed by atoms with Gasteiger partial charge in [-0.1, -0.05) is 0 Å². The molecule has 0 unspecified atom stereocenters. The molecule has 1 heterocycles. The first-order valence-electron chi connectivity index (χ1n) is 4.52. The average Bonchev–Trinajstić information content (AvgIpc) is 2.63. The molecule has 0 bridgehead atoms. The first-order chi connectivity index (χ1) is 5.72. The van der Waals surface area contributed by atoms with Gasteiger partial charge in [0.05, 0.1) is 6.20 Å². The van der Waals surface area contributed by atoms with E-state index in [1.807, 2.05) is 10.9 Å². The van der Waals surface area contributed by atoms with E-state index in [2.05, 4.69) is 18.2 Å². The Labute approximate surface area is 72.6 Å². The van der Waals surface area contributed by atoms with Crippen LogP contribution in [-0.2, 0) is 13.0 Å². The van der Waals surface area contributed by atoms with Gasteiger partial charge < -0.3 is 5.73 Å². The fourth-order valence-electron chi connectivity index (χ4n) is 1.41. The van der Waals surface area contributed by atoms with Gasteiger partial charge in [0.15, 0.2) is 0 Å². The smallest absolute Gasteiger partial charge is 0.0522 e. The third-order valence-electron chi connectivity index (χ3n) is 2.46. The quantitative estimate of drug-likeness (QED) is 0.724. The second-order valence-corrected chi connectivity index (χ2v) is 3.74. The number of nitrogens with two attached hydrogens (primary N) is 1. The van der Waals surface area contributed by atoms with Crippen molar-refractivity contribution in [1.82, 2.24) is 9.78 Å². The molecule has 1 aliphatic rings. The molecule has 0 atom stereocenters. The summed E-state index contributed by atoms with van der Waals surface area (Å²) >= 11 is 0. The molecule has 2 rings (SSSR count). The summed E-state index contributed by atoms with van der Waals surface area (Å²) in [5.74, 6) is 0. The van der Waals surface area contributed by atoms with E-state index in [0.29, 0.717) is 0 Å². The minimum atomic E-state index is 0.113. The number of rotatable bonds is 3. The molecule has 2 N–H and O–H groups in total. The van der Waals surface area contributed by atoms with E-state index >= 15 is 0 Å². The van der Waals surface area contributed by atoms with Crippen LogP contribution < -0.4 is 5.73 Å². The summed E-state index contributed by atoms with van der Waals surface area (Å²) in [6, 6.07) is 0. The van der Waals surface area contributed by atoms with Crippen molar-refractivity contribution in [2.45, 2.75) is 38.3 Å². The number of aryl methyl sites for hydroxylation is 1. The SMILES string of the molecule is CCn1cc(CC2(N)CC2)cn1. The molecule has 0 aromatic carbocycles. The van der Waals surface area contributed by atoms with Crippen LogP contribution in [-0.4, -0.2) is 15.3 Å². The van der Waals surface area contributed by atoms with Crippen LogP contribution in [0.2, 0.25) is 0 Å². The second kappa shape index (κ2) is 2.59. The third kappa shape index (κ3) is 1.50. The van der Waals surface area contributed by atoms with Crippen molar-refractivity contribution in [1.29, 1.82) is 0 Å². The van der Waals surface area contributed by atoms with Gasteiger partial charge >= 0.3 is 0 Å². The van der Waals surface area contributed by atoms with Crippen LogP contribution in [0.3, 0.4) is 0 Å². The zero-order valence-electron chi connectivity index (χ0n) is 7.45. The van der Waals surface area contributed by atoms with E-state index in [0.717, 1.165) is 13.0 Å². The van der Waals surface area contributed by atoms with E-state index in [4.69, 9.17) is 5.73 Å². The topological polar surface area (TPSA) is 43.8 Å². The van der Waals surface area contributed by atoms with Gasteiger partial charge in [-0.15, -0.1) is 0 Å². The number of aromatic nitrogens is 2. The van der Waals surface area contributed by atoms with Crippen LogP contribution in [0.25, 0.3) is 0 Å². The minimum absolute atomic E-state index is 0.113. The maximum Gasteiger partial charge on any atom is 0.0522 e. The van der Waals surface area contributed by atoms with Gasteiger partial charge in [-0.25, -0.2) is 0 Å². The van der Waals surface area contributed by atoms with Gasteiger partial charge in [-0.2, -0.15) is 5.10 Å². The van der Waals surface area contributed by atoms with E-state index in [1.54, 1.807) is 0 Å². The molecule has 1 aromatic heterocycles. The first kappa shape index (κ1) is 7.80. The zero-order chi connectivity index (χ0) is 8.60. The third-order valence-corrected chi connectivity index (χ3v) is 2.46. The largest absolute Gasteiger partial charge is 0.325 e.